The lowest BCUT2D eigenvalue weighted by molar-refractivity contribution is -0.167. The molecule has 2 heterocycles. The van der Waals surface area contributed by atoms with Crippen molar-refractivity contribution in [3.8, 4) is 11.1 Å². The monoisotopic (exact) mass is 782 g/mol. The van der Waals surface area contributed by atoms with Gasteiger partial charge in [-0.15, -0.1) is 0 Å². The van der Waals surface area contributed by atoms with Crippen LogP contribution in [0.25, 0.3) is 11.1 Å². The first kappa shape index (κ1) is 38.6. The number of carboxylic acid groups (broad SMARTS) is 1. The predicted octanol–water partition coefficient (Wildman–Crippen LogP) is 6.93. The van der Waals surface area contributed by atoms with Crippen molar-refractivity contribution in [2.45, 2.75) is 95.0 Å². The van der Waals surface area contributed by atoms with Crippen LogP contribution in [0.1, 0.15) is 103 Å². The highest BCUT2D eigenvalue weighted by Crippen LogP contribution is 2.58. The first-order valence-electron chi connectivity index (χ1n) is 19.6. The maximum absolute atomic E-state index is 13.7. The molecule has 1 aromatic heterocycles. The van der Waals surface area contributed by atoms with Crippen LogP contribution in [0.4, 0.5) is 13.2 Å². The van der Waals surface area contributed by atoms with Crippen LogP contribution < -0.4 is 5.56 Å². The number of hydrogen-bond donors (Lipinski definition) is 3. The highest BCUT2D eigenvalue weighted by atomic mass is 19.4. The van der Waals surface area contributed by atoms with Crippen LogP contribution >= 0.6 is 0 Å². The van der Waals surface area contributed by atoms with Gasteiger partial charge in [-0.3, -0.25) is 19.2 Å². The lowest BCUT2D eigenvalue weighted by atomic mass is 9.53. The number of aliphatic hydroxyl groups excluding tert-OH is 1. The van der Waals surface area contributed by atoms with Crippen molar-refractivity contribution in [1.29, 1.82) is 0 Å². The third-order valence-electron chi connectivity index (χ3n) is 13.2. The zero-order valence-corrected chi connectivity index (χ0v) is 31.7. The summed E-state index contributed by atoms with van der Waals surface area (Å²) in [6.45, 7) is 0.534. The number of H-pyrrole nitrogens is 1. The van der Waals surface area contributed by atoms with Gasteiger partial charge in [0, 0.05) is 25.6 Å². The van der Waals surface area contributed by atoms with E-state index in [1.165, 1.54) is 11.0 Å². The van der Waals surface area contributed by atoms with Crippen LogP contribution in [0.3, 0.4) is 0 Å². The summed E-state index contributed by atoms with van der Waals surface area (Å²) in [5.74, 6) is -0.867. The summed E-state index contributed by atoms with van der Waals surface area (Å²) in [6.07, 6.45) is -0.478. The zero-order valence-electron chi connectivity index (χ0n) is 31.7. The number of fused-ring (bicyclic) bond motifs is 4. The molecule has 0 unspecified atom stereocenters. The van der Waals surface area contributed by atoms with E-state index in [2.05, 4.69) is 11.1 Å². The average Bonchev–Trinajstić information content (AvgIpc) is 4.06. The Hall–Kier alpha value is -5.30. The van der Waals surface area contributed by atoms with E-state index in [-0.39, 0.29) is 30.1 Å². The quantitative estimate of drug-likeness (QED) is 0.167. The van der Waals surface area contributed by atoms with Crippen molar-refractivity contribution in [3.05, 3.63) is 122 Å². The molecule has 1 aliphatic heterocycles. The van der Waals surface area contributed by atoms with E-state index in [9.17, 15) is 42.6 Å². The Morgan fingerprint density at radius 2 is 1.56 bits per heavy atom. The molecule has 5 aliphatic rings. The highest BCUT2D eigenvalue weighted by molar-refractivity contribution is 5.85. The van der Waals surface area contributed by atoms with Crippen molar-refractivity contribution in [2.75, 3.05) is 13.6 Å². The lowest BCUT2D eigenvalue weighted by Crippen LogP contribution is -2.52. The van der Waals surface area contributed by atoms with Gasteiger partial charge in [-0.2, -0.15) is 13.2 Å². The Balaban J connectivity index is 0.953. The Morgan fingerprint density at radius 3 is 2.21 bits per heavy atom. The fourth-order valence-electron chi connectivity index (χ4n) is 9.40. The zero-order chi connectivity index (χ0) is 40.3. The molecular weight excluding hydrogens is 737 g/mol. The topological polar surface area (TPSA) is 144 Å². The molecule has 10 nitrogen and oxygen atoms in total. The van der Waals surface area contributed by atoms with Crippen molar-refractivity contribution in [3.63, 3.8) is 0 Å². The number of alkyl halides is 3. The van der Waals surface area contributed by atoms with Gasteiger partial charge in [-0.1, -0.05) is 60.7 Å². The Kier molecular flexibility index (Phi) is 9.65. The summed E-state index contributed by atoms with van der Waals surface area (Å²) in [7, 11) is 1.82. The minimum atomic E-state index is -4.63. The molecule has 0 spiro atoms. The number of nitrogens with one attached hydrogen (secondary N) is 1. The van der Waals surface area contributed by atoms with Gasteiger partial charge in [-0.25, -0.2) is 4.98 Å². The summed E-state index contributed by atoms with van der Waals surface area (Å²) in [4.78, 5) is 63.5. The molecule has 1 atom stereocenters. The number of carboxylic acids is 1. The van der Waals surface area contributed by atoms with Gasteiger partial charge < -0.3 is 25.0 Å². The lowest BCUT2D eigenvalue weighted by Gasteiger charge is -2.51. The van der Waals surface area contributed by atoms with E-state index in [0.29, 0.717) is 75.0 Å². The van der Waals surface area contributed by atoms with E-state index >= 15 is 0 Å². The highest BCUT2D eigenvalue weighted by Gasteiger charge is 2.56. The van der Waals surface area contributed by atoms with E-state index in [0.717, 1.165) is 53.3 Å². The van der Waals surface area contributed by atoms with Crippen molar-refractivity contribution in [2.24, 2.45) is 10.8 Å². The van der Waals surface area contributed by atoms with Crippen LogP contribution in [0.15, 0.2) is 77.6 Å². The van der Waals surface area contributed by atoms with Crippen LogP contribution in [0.2, 0.25) is 0 Å². The number of aromatic nitrogens is 2. The molecular formula is C44H45F3N4O6. The van der Waals surface area contributed by atoms with Crippen LogP contribution in [0.5, 0.6) is 0 Å². The normalized spacial score (nSPS) is 22.9. The largest absolute Gasteiger partial charge is 0.481 e. The third-order valence-corrected chi connectivity index (χ3v) is 13.2. The number of aromatic amines is 1. The molecule has 298 valence electrons. The number of carbonyl (C=O) groups is 3. The minimum absolute atomic E-state index is 0.0933. The number of carbonyl (C=O) groups excluding carboxylic acids is 2. The second-order valence-electron chi connectivity index (χ2n) is 16.6. The van der Waals surface area contributed by atoms with Crippen molar-refractivity contribution >= 4 is 17.8 Å². The standard InChI is InChI=1S/C44H45F3N4O6/c1-50(39(55)41-14-17-42(18-15-41,19-16-41)40(56)57)25-27-10-12-28(13-11-27)29-5-2-7-31(23-29)43(20-21-43)38-48-34-9-4-22-51(26-33(34)36(53)49-38)37(54)35(52)30-6-3-8-32(24-30)44(45,46)47/h2-3,5-8,10-13,23-24,35,52H,4,9,14-22,25-26H2,1H3,(H,56,57)(H,48,49,53)/t35-,41?,42?/m1/s1. The number of aliphatic hydroxyl groups is 1. The number of nitrogens with zero attached hydrogens (tertiary/aromatic N) is 3. The summed E-state index contributed by atoms with van der Waals surface area (Å²) in [6, 6.07) is 20.3. The molecule has 4 fully saturated rings. The molecule has 13 heteroatoms. The Bertz CT molecular complexity index is 2280. The third kappa shape index (κ3) is 7.04. The second kappa shape index (κ2) is 14.3. The van der Waals surface area contributed by atoms with E-state index in [4.69, 9.17) is 4.98 Å². The summed E-state index contributed by atoms with van der Waals surface area (Å²) in [5, 5.41) is 20.5. The van der Waals surface area contributed by atoms with Crippen LogP contribution in [0, 0.1) is 10.8 Å². The van der Waals surface area contributed by atoms with Crippen molar-refractivity contribution in [1.82, 2.24) is 19.8 Å². The summed E-state index contributed by atoms with van der Waals surface area (Å²) >= 11 is 0. The second-order valence-corrected chi connectivity index (χ2v) is 16.6. The maximum atomic E-state index is 13.7. The molecule has 9 rings (SSSR count). The molecule has 3 aromatic carbocycles. The molecule has 0 saturated heterocycles. The molecule has 4 aliphatic carbocycles. The van der Waals surface area contributed by atoms with Gasteiger partial charge >= 0.3 is 12.1 Å². The smallest absolute Gasteiger partial charge is 0.416 e. The molecule has 2 amide bonds. The molecule has 3 N–H and O–H groups in total. The van der Waals surface area contributed by atoms with Gasteiger partial charge in [0.1, 0.15) is 5.82 Å². The number of aryl methyl sites for hydroxylation is 1. The van der Waals surface area contributed by atoms with E-state index < -0.39 is 46.0 Å². The van der Waals surface area contributed by atoms with Gasteiger partial charge in [0.05, 0.1) is 34.2 Å². The number of aliphatic carboxylic acids is 1. The summed E-state index contributed by atoms with van der Waals surface area (Å²) in [5.41, 5.74) is 1.72. The Morgan fingerprint density at radius 1 is 0.895 bits per heavy atom. The fraction of sp³-hybridized carbons (Fsp3) is 0.432. The number of halogens is 3. The number of rotatable bonds is 9. The SMILES string of the molecule is CN(Cc1ccc(-c2cccc(C3(c4nc5c(c(=O)[nH]4)CN(C(=O)[C@H](O)c4cccc(C(F)(F)F)c4)CCC5)CC3)c2)cc1)C(=O)C12CCC(C(=O)O)(CC1)CC2. The predicted molar refractivity (Wildman–Crippen MR) is 204 cm³/mol. The number of amides is 2. The molecule has 2 bridgehead atoms. The van der Waals surface area contributed by atoms with Crippen molar-refractivity contribution < 1.29 is 37.8 Å². The molecule has 57 heavy (non-hydrogen) atoms. The van der Waals surface area contributed by atoms with Crippen LogP contribution in [-0.4, -0.2) is 61.4 Å². The molecule has 4 aromatic rings. The van der Waals surface area contributed by atoms with Crippen LogP contribution in [-0.2, 0) is 45.5 Å². The average molecular weight is 783 g/mol. The summed E-state index contributed by atoms with van der Waals surface area (Å²) < 4.78 is 39.9. The van der Waals surface area contributed by atoms with Gasteiger partial charge in [0.25, 0.3) is 11.5 Å². The maximum Gasteiger partial charge on any atom is 0.416 e. The first-order chi connectivity index (χ1) is 27.1. The number of hydrogen-bond acceptors (Lipinski definition) is 6. The first-order valence-corrected chi connectivity index (χ1v) is 19.6. The van der Waals surface area contributed by atoms with Gasteiger partial charge in [-0.05, 0) is 104 Å². The molecule has 4 saturated carbocycles. The van der Waals surface area contributed by atoms with E-state index in [1.54, 1.807) is 4.90 Å². The minimum Gasteiger partial charge on any atom is -0.481 e. The Labute approximate surface area is 327 Å². The molecule has 0 radical (unpaired) electrons. The van der Waals surface area contributed by atoms with Gasteiger partial charge in [0.15, 0.2) is 6.10 Å². The van der Waals surface area contributed by atoms with E-state index in [1.807, 2.05) is 49.5 Å². The van der Waals surface area contributed by atoms with Gasteiger partial charge in [0.2, 0.25) is 5.91 Å². The number of benzene rings is 3. The fourth-order valence-corrected chi connectivity index (χ4v) is 9.40.